The predicted molar refractivity (Wildman–Crippen MR) is 120 cm³/mol. The molecule has 0 unspecified atom stereocenters. The number of likely N-dealkylation sites (tertiary alicyclic amines) is 1. The third-order valence-corrected chi connectivity index (χ3v) is 6.75. The Labute approximate surface area is 194 Å². The van der Waals surface area contributed by atoms with Crippen molar-refractivity contribution >= 4 is 17.8 Å². The lowest BCUT2D eigenvalue weighted by atomic mass is 9.89. The molecule has 3 atom stereocenters. The highest BCUT2D eigenvalue weighted by atomic mass is 16.7. The molecule has 3 amide bonds. The van der Waals surface area contributed by atoms with Gasteiger partial charge >= 0.3 is 12.1 Å². The highest BCUT2D eigenvalue weighted by Gasteiger charge is 2.53. The van der Waals surface area contributed by atoms with Crippen LogP contribution in [-0.4, -0.2) is 75.6 Å². The molecule has 0 N–H and O–H groups in total. The summed E-state index contributed by atoms with van der Waals surface area (Å²) in [6, 6.07) is 9.72. The second kappa shape index (κ2) is 8.20. The molecule has 4 aliphatic rings. The van der Waals surface area contributed by atoms with Gasteiger partial charge in [-0.1, -0.05) is 35.5 Å². The van der Waals surface area contributed by atoms with Crippen LogP contribution in [0.1, 0.15) is 52.0 Å². The van der Waals surface area contributed by atoms with Crippen molar-refractivity contribution in [2.45, 2.75) is 76.3 Å². The molecule has 3 fully saturated rings. The molecule has 0 aromatic heterocycles. The minimum absolute atomic E-state index is 0.0588. The van der Waals surface area contributed by atoms with E-state index >= 15 is 0 Å². The van der Waals surface area contributed by atoms with Crippen molar-refractivity contribution in [1.82, 2.24) is 14.9 Å². The molecule has 1 aromatic carbocycles. The average Bonchev–Trinajstić information content (AvgIpc) is 3.45. The number of nitrogens with zero attached hydrogens (tertiary/aromatic N) is 4. The number of benzene rings is 1. The number of rotatable bonds is 4. The maximum atomic E-state index is 13.1. The lowest BCUT2D eigenvalue weighted by Crippen LogP contribution is -2.46. The van der Waals surface area contributed by atoms with Crippen molar-refractivity contribution in [2.24, 2.45) is 5.16 Å². The van der Waals surface area contributed by atoms with E-state index in [2.05, 4.69) is 5.16 Å². The molecule has 1 aromatic rings. The molecular weight excluding hydrogens is 424 g/mol. The third-order valence-electron chi connectivity index (χ3n) is 6.75. The molecule has 4 heterocycles. The van der Waals surface area contributed by atoms with Gasteiger partial charge in [0.05, 0.1) is 24.3 Å². The average molecular weight is 457 g/mol. The first-order valence-corrected chi connectivity index (χ1v) is 11.7. The van der Waals surface area contributed by atoms with Gasteiger partial charge in [-0.05, 0) is 39.2 Å². The van der Waals surface area contributed by atoms with Gasteiger partial charge in [0.25, 0.3) is 0 Å². The Balaban J connectivity index is 1.19. The van der Waals surface area contributed by atoms with Crippen LogP contribution in [0.3, 0.4) is 0 Å². The Morgan fingerprint density at radius 2 is 2.03 bits per heavy atom. The molecule has 9 heteroatoms. The molecular formula is C24H32N4O5. The molecule has 5 rings (SSSR count). The molecule has 0 radical (unpaired) electrons. The number of ether oxygens (including phenoxy) is 1. The van der Waals surface area contributed by atoms with E-state index < -0.39 is 11.2 Å². The number of hydroxylamine groups is 2. The smallest absolute Gasteiger partial charge is 0.410 e. The van der Waals surface area contributed by atoms with Crippen LogP contribution in [0.2, 0.25) is 0 Å². The molecule has 9 nitrogen and oxygen atoms in total. The van der Waals surface area contributed by atoms with Gasteiger partial charge in [0.1, 0.15) is 12.2 Å². The Morgan fingerprint density at radius 3 is 2.79 bits per heavy atom. The summed E-state index contributed by atoms with van der Waals surface area (Å²) in [5, 5.41) is 5.96. The number of carbonyl (C=O) groups excluding carboxylic acids is 2. The summed E-state index contributed by atoms with van der Waals surface area (Å²) in [6.45, 7) is 7.61. The highest BCUT2D eigenvalue weighted by Crippen LogP contribution is 2.39. The topological polar surface area (TPSA) is 83.9 Å². The summed E-state index contributed by atoms with van der Waals surface area (Å²) in [7, 11) is 0. The minimum atomic E-state index is -0.533. The molecule has 2 bridgehead atoms. The third kappa shape index (κ3) is 4.38. The fourth-order valence-corrected chi connectivity index (χ4v) is 5.14. The molecule has 178 valence electrons. The van der Waals surface area contributed by atoms with Crippen LogP contribution in [0.15, 0.2) is 35.5 Å². The molecule has 1 spiro atoms. The summed E-state index contributed by atoms with van der Waals surface area (Å²) in [5.74, 6) is 0. The van der Waals surface area contributed by atoms with Crippen LogP contribution in [0, 0.1) is 0 Å². The molecule has 0 aliphatic carbocycles. The number of hydrogen-bond acceptors (Lipinski definition) is 6. The number of hydrogen-bond donors (Lipinski definition) is 0. The van der Waals surface area contributed by atoms with Gasteiger partial charge in [-0.25, -0.2) is 9.59 Å². The monoisotopic (exact) mass is 456 g/mol. The zero-order valence-electron chi connectivity index (χ0n) is 19.5. The Kier molecular flexibility index (Phi) is 5.47. The van der Waals surface area contributed by atoms with E-state index in [0.717, 1.165) is 24.1 Å². The van der Waals surface area contributed by atoms with Gasteiger partial charge in [0.2, 0.25) is 0 Å². The minimum Gasteiger partial charge on any atom is -0.444 e. The quantitative estimate of drug-likeness (QED) is 0.692. The standard InChI is InChI=1S/C24H32N4O5/c1-23(2,3)32-22(30)26-12-11-24(16-26)13-19(25-33-24)20-10-9-18-14-27(20)21(29)28(18)31-15-17-7-5-4-6-8-17/h4-8,18,20H,9-16H2,1-3H3/t18-,20+,24-/m1/s1. The SMILES string of the molecule is CC(C)(C)OC(=O)N1CC[C@@]2(CC([C@@H]3CC[C@@H]4CN3C(=O)N4OCc3ccccc3)=NO2)C1. The number of amides is 3. The lowest BCUT2D eigenvalue weighted by molar-refractivity contribution is -0.140. The Morgan fingerprint density at radius 1 is 1.24 bits per heavy atom. The van der Waals surface area contributed by atoms with Crippen molar-refractivity contribution in [2.75, 3.05) is 19.6 Å². The Hall–Kier alpha value is -2.81. The van der Waals surface area contributed by atoms with Crippen LogP contribution in [0.5, 0.6) is 0 Å². The van der Waals surface area contributed by atoms with Gasteiger partial charge < -0.3 is 19.4 Å². The van der Waals surface area contributed by atoms with Crippen LogP contribution >= 0.6 is 0 Å². The fourth-order valence-electron chi connectivity index (χ4n) is 5.14. The number of oxime groups is 1. The Bertz CT molecular complexity index is 946. The molecule has 33 heavy (non-hydrogen) atoms. The summed E-state index contributed by atoms with van der Waals surface area (Å²) in [6.07, 6.45) is 2.69. The molecule has 0 saturated carbocycles. The van der Waals surface area contributed by atoms with Gasteiger partial charge in [-0.2, -0.15) is 5.06 Å². The first-order valence-electron chi connectivity index (χ1n) is 11.7. The van der Waals surface area contributed by atoms with Crippen molar-refractivity contribution in [3.05, 3.63) is 35.9 Å². The van der Waals surface area contributed by atoms with E-state index in [-0.39, 0.29) is 24.2 Å². The number of carbonyl (C=O) groups is 2. The summed E-state index contributed by atoms with van der Waals surface area (Å²) in [5.41, 5.74) is 0.867. The molecule has 3 saturated heterocycles. The van der Waals surface area contributed by atoms with Crippen molar-refractivity contribution in [3.63, 3.8) is 0 Å². The van der Waals surface area contributed by atoms with Crippen molar-refractivity contribution in [1.29, 1.82) is 0 Å². The van der Waals surface area contributed by atoms with E-state index in [1.165, 1.54) is 0 Å². The largest absolute Gasteiger partial charge is 0.444 e. The van der Waals surface area contributed by atoms with Crippen molar-refractivity contribution < 1.29 is 24.0 Å². The second-order valence-electron chi connectivity index (χ2n) is 10.5. The summed E-state index contributed by atoms with van der Waals surface area (Å²) >= 11 is 0. The van der Waals surface area contributed by atoms with Crippen molar-refractivity contribution in [3.8, 4) is 0 Å². The predicted octanol–water partition coefficient (Wildman–Crippen LogP) is 3.54. The number of urea groups is 1. The maximum Gasteiger partial charge on any atom is 0.410 e. The number of piperidine rings is 1. The van der Waals surface area contributed by atoms with E-state index in [1.54, 1.807) is 9.96 Å². The highest BCUT2D eigenvalue weighted by molar-refractivity contribution is 5.95. The van der Waals surface area contributed by atoms with Gasteiger partial charge in [0, 0.05) is 25.9 Å². The first kappa shape index (κ1) is 22.0. The zero-order valence-corrected chi connectivity index (χ0v) is 19.5. The zero-order chi connectivity index (χ0) is 23.2. The second-order valence-corrected chi connectivity index (χ2v) is 10.5. The van der Waals surface area contributed by atoms with E-state index in [0.29, 0.717) is 39.1 Å². The lowest BCUT2D eigenvalue weighted by Gasteiger charge is -2.30. The van der Waals surface area contributed by atoms with Crippen LogP contribution in [0.25, 0.3) is 0 Å². The summed E-state index contributed by atoms with van der Waals surface area (Å²) < 4.78 is 5.51. The first-order chi connectivity index (χ1) is 15.7. The van der Waals surface area contributed by atoms with Gasteiger partial charge in [-0.3, -0.25) is 4.84 Å². The van der Waals surface area contributed by atoms with Gasteiger partial charge in [-0.15, -0.1) is 0 Å². The number of fused-ring (bicyclic) bond motifs is 2. The maximum absolute atomic E-state index is 13.1. The van der Waals surface area contributed by atoms with E-state index in [9.17, 15) is 9.59 Å². The van der Waals surface area contributed by atoms with Crippen LogP contribution in [0.4, 0.5) is 9.59 Å². The van der Waals surface area contributed by atoms with Crippen LogP contribution < -0.4 is 0 Å². The molecule has 4 aliphatic heterocycles. The van der Waals surface area contributed by atoms with Gasteiger partial charge in [0.15, 0.2) is 5.60 Å². The summed E-state index contributed by atoms with van der Waals surface area (Å²) in [4.78, 5) is 41.0. The fraction of sp³-hybridized carbons (Fsp3) is 0.625. The normalized spacial score (nSPS) is 29.0. The van der Waals surface area contributed by atoms with E-state index in [1.807, 2.05) is 56.0 Å². The van der Waals surface area contributed by atoms with E-state index in [4.69, 9.17) is 14.4 Å². The van der Waals surface area contributed by atoms with Crippen LogP contribution in [-0.2, 0) is 21.0 Å².